The van der Waals surface area contributed by atoms with Gasteiger partial charge in [0.15, 0.2) is 0 Å². The monoisotopic (exact) mass is 210 g/mol. The van der Waals surface area contributed by atoms with Crippen molar-refractivity contribution in [2.24, 2.45) is 5.92 Å². The molecule has 0 aromatic heterocycles. The number of unbranched alkanes of at least 4 members (excludes halogenated alkanes) is 1. The molecule has 1 fully saturated rings. The summed E-state index contributed by atoms with van der Waals surface area (Å²) < 4.78 is 0. The standard InChI is InChI=1S/C13H22O2/c1-2-3-9-12(13(14)15)10-11-7-5-4-6-8-11/h10-11H,2-9H2,1H3,(H,14,15)/b12-10-. The van der Waals surface area contributed by atoms with Crippen molar-refractivity contribution in [2.45, 2.75) is 58.3 Å². The van der Waals surface area contributed by atoms with E-state index in [4.69, 9.17) is 5.11 Å². The molecule has 0 radical (unpaired) electrons. The van der Waals surface area contributed by atoms with Gasteiger partial charge in [-0.3, -0.25) is 0 Å². The molecule has 0 spiro atoms. The van der Waals surface area contributed by atoms with E-state index in [1.165, 1.54) is 32.1 Å². The van der Waals surface area contributed by atoms with E-state index in [9.17, 15) is 4.79 Å². The molecule has 0 aliphatic heterocycles. The van der Waals surface area contributed by atoms with Crippen molar-refractivity contribution in [3.05, 3.63) is 11.6 Å². The lowest BCUT2D eigenvalue weighted by molar-refractivity contribution is -0.132. The predicted molar refractivity (Wildman–Crippen MR) is 61.8 cm³/mol. The van der Waals surface area contributed by atoms with Gasteiger partial charge in [0.1, 0.15) is 0 Å². The van der Waals surface area contributed by atoms with Gasteiger partial charge in [-0.1, -0.05) is 38.7 Å². The van der Waals surface area contributed by atoms with Crippen LogP contribution >= 0.6 is 0 Å². The molecule has 0 saturated heterocycles. The van der Waals surface area contributed by atoms with E-state index >= 15 is 0 Å². The fourth-order valence-electron chi connectivity index (χ4n) is 2.21. The van der Waals surface area contributed by atoms with Crippen molar-refractivity contribution in [2.75, 3.05) is 0 Å². The van der Waals surface area contributed by atoms with Crippen LogP contribution in [0.3, 0.4) is 0 Å². The van der Waals surface area contributed by atoms with Crippen molar-refractivity contribution in [1.29, 1.82) is 0 Å². The molecule has 1 N–H and O–H groups in total. The Morgan fingerprint density at radius 1 is 1.33 bits per heavy atom. The molecular formula is C13H22O2. The van der Waals surface area contributed by atoms with Gasteiger partial charge >= 0.3 is 5.97 Å². The maximum atomic E-state index is 11.0. The van der Waals surface area contributed by atoms with Crippen LogP contribution in [-0.4, -0.2) is 11.1 Å². The van der Waals surface area contributed by atoms with Crippen LogP contribution in [0.1, 0.15) is 58.3 Å². The number of rotatable bonds is 5. The summed E-state index contributed by atoms with van der Waals surface area (Å²) in [4.78, 5) is 11.0. The third-order valence-corrected chi connectivity index (χ3v) is 3.16. The highest BCUT2D eigenvalue weighted by molar-refractivity contribution is 5.86. The molecule has 0 unspecified atom stereocenters. The molecule has 0 heterocycles. The second-order valence-corrected chi connectivity index (χ2v) is 4.50. The zero-order valence-electron chi connectivity index (χ0n) is 9.67. The van der Waals surface area contributed by atoms with Crippen LogP contribution in [0.15, 0.2) is 11.6 Å². The average Bonchev–Trinajstić information content (AvgIpc) is 2.25. The minimum atomic E-state index is -0.714. The normalized spacial score (nSPS) is 19.1. The maximum absolute atomic E-state index is 11.0. The second kappa shape index (κ2) is 6.65. The maximum Gasteiger partial charge on any atom is 0.331 e. The minimum absolute atomic E-state index is 0.529. The SMILES string of the molecule is CCCC/C(=C/C1CCCCC1)C(=O)O. The van der Waals surface area contributed by atoms with Gasteiger partial charge in [0, 0.05) is 5.57 Å². The number of carbonyl (C=O) groups is 1. The molecule has 1 rings (SSSR count). The Labute approximate surface area is 92.4 Å². The van der Waals surface area contributed by atoms with Gasteiger partial charge in [0.2, 0.25) is 0 Å². The van der Waals surface area contributed by atoms with Gasteiger partial charge in [-0.15, -0.1) is 0 Å². The summed E-state index contributed by atoms with van der Waals surface area (Å²) in [5.74, 6) is -0.185. The van der Waals surface area contributed by atoms with Gasteiger partial charge in [-0.2, -0.15) is 0 Å². The molecule has 1 aliphatic rings. The Hall–Kier alpha value is -0.790. The third kappa shape index (κ3) is 4.50. The summed E-state index contributed by atoms with van der Waals surface area (Å²) in [5.41, 5.74) is 0.642. The zero-order valence-corrected chi connectivity index (χ0v) is 9.67. The average molecular weight is 210 g/mol. The summed E-state index contributed by atoms with van der Waals surface area (Å²) in [6.07, 6.45) is 11.0. The number of carboxylic acid groups (broad SMARTS) is 1. The predicted octanol–water partition coefficient (Wildman–Crippen LogP) is 3.77. The topological polar surface area (TPSA) is 37.3 Å². The lowest BCUT2D eigenvalue weighted by atomic mass is 9.87. The molecule has 15 heavy (non-hydrogen) atoms. The highest BCUT2D eigenvalue weighted by Crippen LogP contribution is 2.26. The first-order valence-corrected chi connectivity index (χ1v) is 6.18. The lowest BCUT2D eigenvalue weighted by Gasteiger charge is -2.18. The fraction of sp³-hybridized carbons (Fsp3) is 0.769. The van der Waals surface area contributed by atoms with Crippen LogP contribution < -0.4 is 0 Å². The summed E-state index contributed by atoms with van der Waals surface area (Å²) in [5, 5.41) is 9.06. The van der Waals surface area contributed by atoms with Crippen molar-refractivity contribution in [3.8, 4) is 0 Å². The van der Waals surface area contributed by atoms with Crippen molar-refractivity contribution in [3.63, 3.8) is 0 Å². The number of hydrogen-bond acceptors (Lipinski definition) is 1. The van der Waals surface area contributed by atoms with Crippen molar-refractivity contribution < 1.29 is 9.90 Å². The molecule has 1 saturated carbocycles. The molecule has 86 valence electrons. The molecule has 2 heteroatoms. The first-order chi connectivity index (χ1) is 7.24. The number of allylic oxidation sites excluding steroid dienone is 1. The van der Waals surface area contributed by atoms with E-state index in [1.54, 1.807) is 0 Å². The highest BCUT2D eigenvalue weighted by atomic mass is 16.4. The fourth-order valence-corrected chi connectivity index (χ4v) is 2.21. The molecule has 0 atom stereocenters. The van der Waals surface area contributed by atoms with E-state index in [0.717, 1.165) is 19.3 Å². The van der Waals surface area contributed by atoms with E-state index in [1.807, 2.05) is 6.08 Å². The first kappa shape index (κ1) is 12.3. The Kier molecular flexibility index (Phi) is 5.44. The van der Waals surface area contributed by atoms with Gasteiger partial charge < -0.3 is 5.11 Å². The Morgan fingerprint density at radius 3 is 2.53 bits per heavy atom. The Morgan fingerprint density at radius 2 is 2.00 bits per heavy atom. The molecular weight excluding hydrogens is 188 g/mol. The molecule has 2 nitrogen and oxygen atoms in total. The summed E-state index contributed by atoms with van der Waals surface area (Å²) in [6, 6.07) is 0. The number of hydrogen-bond donors (Lipinski definition) is 1. The molecule has 0 aromatic carbocycles. The smallest absolute Gasteiger partial charge is 0.331 e. The Bertz CT molecular complexity index is 225. The second-order valence-electron chi connectivity index (χ2n) is 4.50. The van der Waals surface area contributed by atoms with Gasteiger partial charge in [0.25, 0.3) is 0 Å². The van der Waals surface area contributed by atoms with Gasteiger partial charge in [-0.25, -0.2) is 4.79 Å². The first-order valence-electron chi connectivity index (χ1n) is 6.18. The van der Waals surface area contributed by atoms with Crippen molar-refractivity contribution >= 4 is 5.97 Å². The zero-order chi connectivity index (χ0) is 11.1. The number of carboxylic acids is 1. The van der Waals surface area contributed by atoms with Crippen LogP contribution in [0.25, 0.3) is 0 Å². The van der Waals surface area contributed by atoms with Crippen LogP contribution in [-0.2, 0) is 4.79 Å². The Balaban J connectivity index is 2.52. The molecule has 0 bridgehead atoms. The number of aliphatic carboxylic acids is 1. The third-order valence-electron chi connectivity index (χ3n) is 3.16. The quantitative estimate of drug-likeness (QED) is 0.701. The van der Waals surface area contributed by atoms with E-state index < -0.39 is 5.97 Å². The summed E-state index contributed by atoms with van der Waals surface area (Å²) in [7, 11) is 0. The van der Waals surface area contributed by atoms with E-state index in [-0.39, 0.29) is 0 Å². The molecule has 0 amide bonds. The van der Waals surface area contributed by atoms with E-state index in [2.05, 4.69) is 6.92 Å². The largest absolute Gasteiger partial charge is 0.478 e. The van der Waals surface area contributed by atoms with Crippen LogP contribution in [0.5, 0.6) is 0 Å². The van der Waals surface area contributed by atoms with Crippen LogP contribution in [0, 0.1) is 5.92 Å². The van der Waals surface area contributed by atoms with Gasteiger partial charge in [0.05, 0.1) is 0 Å². The minimum Gasteiger partial charge on any atom is -0.478 e. The summed E-state index contributed by atoms with van der Waals surface area (Å²) >= 11 is 0. The van der Waals surface area contributed by atoms with Crippen LogP contribution in [0.2, 0.25) is 0 Å². The van der Waals surface area contributed by atoms with Crippen LogP contribution in [0.4, 0.5) is 0 Å². The molecule has 1 aliphatic carbocycles. The van der Waals surface area contributed by atoms with Gasteiger partial charge in [-0.05, 0) is 31.6 Å². The lowest BCUT2D eigenvalue weighted by Crippen LogP contribution is -2.08. The van der Waals surface area contributed by atoms with E-state index in [0.29, 0.717) is 11.5 Å². The highest BCUT2D eigenvalue weighted by Gasteiger charge is 2.14. The van der Waals surface area contributed by atoms with Crippen molar-refractivity contribution in [1.82, 2.24) is 0 Å². The summed E-state index contributed by atoms with van der Waals surface area (Å²) in [6.45, 7) is 2.10. The molecule has 0 aromatic rings.